The number of rotatable bonds is 9. The molecule has 0 aliphatic rings. The van der Waals surface area contributed by atoms with Gasteiger partial charge in [0.25, 0.3) is 0 Å². The molecule has 3 rings (SSSR count). The van der Waals surface area contributed by atoms with E-state index in [0.29, 0.717) is 22.9 Å². The molecule has 1 N–H and O–H groups in total. The predicted octanol–water partition coefficient (Wildman–Crippen LogP) is 5.54. The van der Waals surface area contributed by atoms with E-state index >= 15 is 0 Å². The molecule has 0 saturated heterocycles. The Hall–Kier alpha value is -4.19. The number of ether oxygens (including phenoxy) is 4. The van der Waals surface area contributed by atoms with E-state index in [1.54, 1.807) is 34.5 Å². The standard InChI is InChI=1S/C27H27NO5/c1-30-23-10-6-8-20(16-23)13-14-26(29)28-22-9-5-7-19(15-22)11-12-21-17-24(31-2)27(33-4)25(18-21)32-3/h5-18H,1-4H3,(H,28,29)/b12-11+,14-13+. The van der Waals surface area contributed by atoms with Crippen molar-refractivity contribution >= 4 is 29.8 Å². The average molecular weight is 446 g/mol. The van der Waals surface area contributed by atoms with Gasteiger partial charge < -0.3 is 24.3 Å². The van der Waals surface area contributed by atoms with E-state index in [-0.39, 0.29) is 5.91 Å². The maximum absolute atomic E-state index is 12.3. The maximum atomic E-state index is 12.3. The fourth-order valence-corrected chi connectivity index (χ4v) is 3.21. The minimum atomic E-state index is -0.219. The monoisotopic (exact) mass is 445 g/mol. The lowest BCUT2D eigenvalue weighted by Gasteiger charge is -2.12. The van der Waals surface area contributed by atoms with Gasteiger partial charge in [-0.25, -0.2) is 0 Å². The van der Waals surface area contributed by atoms with Crippen molar-refractivity contribution in [3.05, 3.63) is 83.4 Å². The van der Waals surface area contributed by atoms with E-state index in [1.807, 2.05) is 72.8 Å². The van der Waals surface area contributed by atoms with Crippen molar-refractivity contribution < 1.29 is 23.7 Å². The van der Waals surface area contributed by atoms with E-state index in [4.69, 9.17) is 18.9 Å². The molecule has 3 aromatic rings. The van der Waals surface area contributed by atoms with Gasteiger partial charge in [0.15, 0.2) is 11.5 Å². The zero-order chi connectivity index (χ0) is 23.6. The molecule has 6 nitrogen and oxygen atoms in total. The number of amides is 1. The molecule has 0 aliphatic carbocycles. The second-order valence-electron chi connectivity index (χ2n) is 7.02. The third-order valence-electron chi connectivity index (χ3n) is 4.83. The minimum Gasteiger partial charge on any atom is -0.497 e. The van der Waals surface area contributed by atoms with Crippen molar-refractivity contribution in [3.8, 4) is 23.0 Å². The Morgan fingerprint density at radius 1 is 0.697 bits per heavy atom. The third kappa shape index (κ3) is 6.40. The third-order valence-corrected chi connectivity index (χ3v) is 4.83. The van der Waals surface area contributed by atoms with Crippen LogP contribution in [0.25, 0.3) is 18.2 Å². The highest BCUT2D eigenvalue weighted by atomic mass is 16.5. The number of methoxy groups -OCH3 is 4. The summed E-state index contributed by atoms with van der Waals surface area (Å²) in [4.78, 5) is 12.3. The molecule has 6 heteroatoms. The molecule has 1 amide bonds. The quantitative estimate of drug-likeness (QED) is 0.346. The second-order valence-corrected chi connectivity index (χ2v) is 7.02. The smallest absolute Gasteiger partial charge is 0.248 e. The summed E-state index contributed by atoms with van der Waals surface area (Å²) in [5.74, 6) is 2.23. The van der Waals surface area contributed by atoms with Crippen molar-refractivity contribution in [2.24, 2.45) is 0 Å². The first kappa shape index (κ1) is 23.5. The summed E-state index contributed by atoms with van der Waals surface area (Å²) in [6.45, 7) is 0. The molecule has 0 spiro atoms. The number of carbonyl (C=O) groups is 1. The van der Waals surface area contributed by atoms with Crippen molar-refractivity contribution in [2.45, 2.75) is 0 Å². The molecule has 0 radical (unpaired) electrons. The molecule has 33 heavy (non-hydrogen) atoms. The van der Waals surface area contributed by atoms with Crippen molar-refractivity contribution in [1.82, 2.24) is 0 Å². The molecule has 0 heterocycles. The highest BCUT2D eigenvalue weighted by Gasteiger charge is 2.12. The van der Waals surface area contributed by atoms with Crippen LogP contribution in [0.2, 0.25) is 0 Å². The van der Waals surface area contributed by atoms with Crippen LogP contribution in [0.3, 0.4) is 0 Å². The molecule has 0 aliphatic heterocycles. The van der Waals surface area contributed by atoms with E-state index in [9.17, 15) is 4.79 Å². The van der Waals surface area contributed by atoms with Crippen LogP contribution in [-0.4, -0.2) is 34.3 Å². The highest BCUT2D eigenvalue weighted by molar-refractivity contribution is 6.02. The molecule has 0 saturated carbocycles. The van der Waals surface area contributed by atoms with Gasteiger partial charge in [-0.15, -0.1) is 0 Å². The number of hydrogen-bond acceptors (Lipinski definition) is 5. The van der Waals surface area contributed by atoms with Gasteiger partial charge in [0.2, 0.25) is 11.7 Å². The minimum absolute atomic E-state index is 0.219. The Morgan fingerprint density at radius 3 is 1.97 bits per heavy atom. The van der Waals surface area contributed by atoms with Gasteiger partial charge in [0.1, 0.15) is 5.75 Å². The SMILES string of the molecule is COc1cccc(/C=C/C(=O)Nc2cccc(/C=C/c3cc(OC)c(OC)c(OC)c3)c2)c1. The summed E-state index contributed by atoms with van der Waals surface area (Å²) in [7, 11) is 6.35. The first-order chi connectivity index (χ1) is 16.1. The van der Waals surface area contributed by atoms with Crippen LogP contribution >= 0.6 is 0 Å². The molecule has 3 aromatic carbocycles. The zero-order valence-electron chi connectivity index (χ0n) is 19.1. The van der Waals surface area contributed by atoms with Crippen LogP contribution in [0.15, 0.2) is 66.7 Å². The lowest BCUT2D eigenvalue weighted by atomic mass is 10.1. The Kier molecular flexibility index (Phi) is 8.13. The molecular formula is C27H27NO5. The summed E-state index contributed by atoms with van der Waals surface area (Å²) >= 11 is 0. The van der Waals surface area contributed by atoms with Crippen molar-refractivity contribution in [2.75, 3.05) is 33.8 Å². The summed E-state index contributed by atoms with van der Waals surface area (Å²) in [6, 6.07) is 18.8. The summed E-state index contributed by atoms with van der Waals surface area (Å²) in [6.07, 6.45) is 7.12. The van der Waals surface area contributed by atoms with Gasteiger partial charge in [0, 0.05) is 11.8 Å². The Labute approximate surface area is 194 Å². The predicted molar refractivity (Wildman–Crippen MR) is 132 cm³/mol. The molecule has 0 unspecified atom stereocenters. The summed E-state index contributed by atoms with van der Waals surface area (Å²) in [5.41, 5.74) is 3.40. The maximum Gasteiger partial charge on any atom is 0.248 e. The number of nitrogens with one attached hydrogen (secondary N) is 1. The van der Waals surface area contributed by atoms with Crippen LogP contribution in [0.5, 0.6) is 23.0 Å². The summed E-state index contributed by atoms with van der Waals surface area (Å²) in [5, 5.41) is 2.88. The van der Waals surface area contributed by atoms with Gasteiger partial charge in [-0.05, 0) is 59.2 Å². The number of hydrogen-bond donors (Lipinski definition) is 1. The first-order valence-electron chi connectivity index (χ1n) is 10.3. The van der Waals surface area contributed by atoms with Crippen LogP contribution in [-0.2, 0) is 4.79 Å². The van der Waals surface area contributed by atoms with Gasteiger partial charge >= 0.3 is 0 Å². The number of anilines is 1. The molecule has 0 atom stereocenters. The van der Waals surface area contributed by atoms with Crippen LogP contribution in [0.4, 0.5) is 5.69 Å². The normalized spacial score (nSPS) is 10.9. The lowest BCUT2D eigenvalue weighted by molar-refractivity contribution is -0.111. The lowest BCUT2D eigenvalue weighted by Crippen LogP contribution is -2.07. The van der Waals surface area contributed by atoms with Gasteiger partial charge in [-0.2, -0.15) is 0 Å². The Balaban J connectivity index is 1.71. The topological polar surface area (TPSA) is 66.0 Å². The van der Waals surface area contributed by atoms with Crippen LogP contribution in [0, 0.1) is 0 Å². The van der Waals surface area contributed by atoms with E-state index in [0.717, 1.165) is 22.4 Å². The highest BCUT2D eigenvalue weighted by Crippen LogP contribution is 2.38. The largest absolute Gasteiger partial charge is 0.497 e. The second kappa shape index (κ2) is 11.4. The molecule has 0 bridgehead atoms. The van der Waals surface area contributed by atoms with E-state index in [1.165, 1.54) is 6.08 Å². The van der Waals surface area contributed by atoms with Crippen LogP contribution in [0.1, 0.15) is 16.7 Å². The average Bonchev–Trinajstić information content (AvgIpc) is 2.85. The molecular weight excluding hydrogens is 418 g/mol. The Bertz CT molecular complexity index is 1140. The van der Waals surface area contributed by atoms with Gasteiger partial charge in [-0.1, -0.05) is 36.4 Å². The zero-order valence-corrected chi connectivity index (χ0v) is 19.1. The fraction of sp³-hybridized carbons (Fsp3) is 0.148. The van der Waals surface area contributed by atoms with Crippen LogP contribution < -0.4 is 24.3 Å². The van der Waals surface area contributed by atoms with Crippen molar-refractivity contribution in [3.63, 3.8) is 0 Å². The number of carbonyl (C=O) groups excluding carboxylic acids is 1. The molecule has 0 fully saturated rings. The van der Waals surface area contributed by atoms with Gasteiger partial charge in [0.05, 0.1) is 28.4 Å². The number of benzene rings is 3. The fourth-order valence-electron chi connectivity index (χ4n) is 3.21. The Morgan fingerprint density at radius 2 is 1.33 bits per heavy atom. The molecule has 170 valence electrons. The van der Waals surface area contributed by atoms with E-state index in [2.05, 4.69) is 5.32 Å². The van der Waals surface area contributed by atoms with E-state index < -0.39 is 0 Å². The molecule has 0 aromatic heterocycles. The van der Waals surface area contributed by atoms with Crippen molar-refractivity contribution in [1.29, 1.82) is 0 Å². The first-order valence-corrected chi connectivity index (χ1v) is 10.3. The van der Waals surface area contributed by atoms with Gasteiger partial charge in [-0.3, -0.25) is 4.79 Å². The summed E-state index contributed by atoms with van der Waals surface area (Å²) < 4.78 is 21.4.